The van der Waals surface area contributed by atoms with E-state index in [1.165, 1.54) is 37.3 Å². The third-order valence-electron chi connectivity index (χ3n) is 4.06. The number of benzene rings is 1. The fourth-order valence-corrected chi connectivity index (χ4v) is 2.89. The highest BCUT2D eigenvalue weighted by Crippen LogP contribution is 2.14. The van der Waals surface area contributed by atoms with Gasteiger partial charge in [-0.2, -0.15) is 0 Å². The van der Waals surface area contributed by atoms with Gasteiger partial charge in [-0.15, -0.1) is 0 Å². The van der Waals surface area contributed by atoms with E-state index in [9.17, 15) is 0 Å². The van der Waals surface area contributed by atoms with Gasteiger partial charge in [0.25, 0.3) is 0 Å². The van der Waals surface area contributed by atoms with E-state index in [-0.39, 0.29) is 0 Å². The van der Waals surface area contributed by atoms with Crippen LogP contribution in [0.4, 0.5) is 0 Å². The van der Waals surface area contributed by atoms with Gasteiger partial charge in [0, 0.05) is 32.2 Å². The average molecular weight is 246 g/mol. The molecular weight excluding hydrogens is 220 g/mol. The molecule has 0 bridgehead atoms. The van der Waals surface area contributed by atoms with Gasteiger partial charge in [-0.25, -0.2) is 0 Å². The molecule has 1 aromatic rings. The first-order valence-electron chi connectivity index (χ1n) is 7.27. The lowest BCUT2D eigenvalue weighted by Gasteiger charge is -2.39. The Morgan fingerprint density at radius 1 is 1.17 bits per heavy atom. The zero-order chi connectivity index (χ0) is 13.0. The van der Waals surface area contributed by atoms with Gasteiger partial charge in [0.2, 0.25) is 0 Å². The van der Waals surface area contributed by atoms with Crippen LogP contribution < -0.4 is 0 Å². The zero-order valence-corrected chi connectivity index (χ0v) is 12.0. The summed E-state index contributed by atoms with van der Waals surface area (Å²) >= 11 is 0. The molecule has 1 atom stereocenters. The Bertz CT molecular complexity index is 375. The molecule has 0 radical (unpaired) electrons. The van der Waals surface area contributed by atoms with Gasteiger partial charge in [0.15, 0.2) is 0 Å². The van der Waals surface area contributed by atoms with E-state index >= 15 is 0 Å². The number of rotatable bonds is 4. The number of hydrogen-bond acceptors (Lipinski definition) is 2. The lowest BCUT2D eigenvalue weighted by molar-refractivity contribution is 0.0834. The van der Waals surface area contributed by atoms with Crippen molar-refractivity contribution in [1.29, 1.82) is 0 Å². The molecule has 1 heterocycles. The molecule has 1 aliphatic heterocycles. The van der Waals surface area contributed by atoms with Crippen LogP contribution in [0.2, 0.25) is 0 Å². The number of likely N-dealkylation sites (N-methyl/N-ethyl adjacent to an activating group) is 1. The summed E-state index contributed by atoms with van der Waals surface area (Å²) in [6.45, 7) is 12.7. The molecule has 0 saturated carbocycles. The minimum absolute atomic E-state index is 0.693. The predicted molar refractivity (Wildman–Crippen MR) is 77.8 cm³/mol. The Morgan fingerprint density at radius 2 is 1.94 bits per heavy atom. The highest BCUT2D eigenvalue weighted by molar-refractivity contribution is 5.23. The minimum Gasteiger partial charge on any atom is -0.298 e. The molecule has 1 aromatic carbocycles. The lowest BCUT2D eigenvalue weighted by Crippen LogP contribution is -2.51. The van der Waals surface area contributed by atoms with Crippen molar-refractivity contribution in [2.75, 3.05) is 26.2 Å². The molecule has 1 saturated heterocycles. The highest BCUT2D eigenvalue weighted by Gasteiger charge is 2.21. The van der Waals surface area contributed by atoms with Crippen molar-refractivity contribution in [1.82, 2.24) is 9.80 Å². The molecule has 18 heavy (non-hydrogen) atoms. The molecular formula is C16H26N2. The molecule has 0 aromatic heterocycles. The Hall–Kier alpha value is -0.860. The molecule has 100 valence electrons. The SMILES string of the molecule is CCc1cccc(CN2CCN(CC)C(C)C2)c1. The Balaban J connectivity index is 1.93. The quantitative estimate of drug-likeness (QED) is 0.806. The van der Waals surface area contributed by atoms with Crippen molar-refractivity contribution < 1.29 is 0 Å². The maximum Gasteiger partial charge on any atom is 0.0235 e. The fourth-order valence-electron chi connectivity index (χ4n) is 2.89. The summed E-state index contributed by atoms with van der Waals surface area (Å²) in [5.41, 5.74) is 2.92. The van der Waals surface area contributed by atoms with Gasteiger partial charge in [-0.3, -0.25) is 9.80 Å². The van der Waals surface area contributed by atoms with E-state index in [4.69, 9.17) is 0 Å². The Kier molecular flexibility index (Phi) is 4.79. The maximum absolute atomic E-state index is 2.59. The zero-order valence-electron chi connectivity index (χ0n) is 12.0. The summed E-state index contributed by atoms with van der Waals surface area (Å²) in [6, 6.07) is 9.73. The number of nitrogens with zero attached hydrogens (tertiary/aromatic N) is 2. The second-order valence-corrected chi connectivity index (χ2v) is 5.39. The number of aryl methyl sites for hydroxylation is 1. The normalized spacial score (nSPS) is 22.3. The molecule has 0 aliphatic carbocycles. The van der Waals surface area contributed by atoms with Crippen LogP contribution in [-0.2, 0) is 13.0 Å². The van der Waals surface area contributed by atoms with Crippen LogP contribution in [-0.4, -0.2) is 42.0 Å². The number of hydrogen-bond donors (Lipinski definition) is 0. The van der Waals surface area contributed by atoms with E-state index < -0.39 is 0 Å². The summed E-state index contributed by atoms with van der Waals surface area (Å²) < 4.78 is 0. The summed E-state index contributed by atoms with van der Waals surface area (Å²) in [7, 11) is 0. The second kappa shape index (κ2) is 6.35. The Labute approximate surface area is 112 Å². The van der Waals surface area contributed by atoms with Crippen molar-refractivity contribution in [3.05, 3.63) is 35.4 Å². The standard InChI is InChI=1S/C16H26N2/c1-4-15-7-6-8-16(11-15)13-17-9-10-18(5-2)14(3)12-17/h6-8,11,14H,4-5,9-10,12-13H2,1-3H3. The molecule has 1 aliphatic rings. The summed E-state index contributed by atoms with van der Waals surface area (Å²) in [5.74, 6) is 0. The molecule has 2 heteroatoms. The maximum atomic E-state index is 2.59. The van der Waals surface area contributed by atoms with Crippen molar-refractivity contribution in [3.8, 4) is 0 Å². The van der Waals surface area contributed by atoms with Gasteiger partial charge in [-0.1, -0.05) is 38.1 Å². The van der Waals surface area contributed by atoms with Crippen LogP contribution in [0, 0.1) is 0 Å². The first-order chi connectivity index (χ1) is 8.72. The van der Waals surface area contributed by atoms with Gasteiger partial charge < -0.3 is 0 Å². The fraction of sp³-hybridized carbons (Fsp3) is 0.625. The summed E-state index contributed by atoms with van der Waals surface area (Å²) in [6.07, 6.45) is 1.13. The molecule has 1 unspecified atom stereocenters. The molecule has 0 N–H and O–H groups in total. The summed E-state index contributed by atoms with van der Waals surface area (Å²) in [5, 5.41) is 0. The van der Waals surface area contributed by atoms with E-state index in [0.29, 0.717) is 6.04 Å². The topological polar surface area (TPSA) is 6.48 Å². The van der Waals surface area contributed by atoms with Crippen molar-refractivity contribution in [2.45, 2.75) is 39.8 Å². The largest absolute Gasteiger partial charge is 0.298 e. The predicted octanol–water partition coefficient (Wildman–Crippen LogP) is 2.78. The number of piperazine rings is 1. The van der Waals surface area contributed by atoms with Crippen molar-refractivity contribution >= 4 is 0 Å². The van der Waals surface area contributed by atoms with Crippen LogP contribution in [0.3, 0.4) is 0 Å². The van der Waals surface area contributed by atoms with Crippen LogP contribution in [0.25, 0.3) is 0 Å². The molecule has 0 amide bonds. The van der Waals surface area contributed by atoms with Crippen LogP contribution in [0.5, 0.6) is 0 Å². The first-order valence-corrected chi connectivity index (χ1v) is 7.27. The van der Waals surface area contributed by atoms with Crippen LogP contribution in [0.15, 0.2) is 24.3 Å². The molecule has 1 fully saturated rings. The van der Waals surface area contributed by atoms with E-state index in [0.717, 1.165) is 13.0 Å². The van der Waals surface area contributed by atoms with Crippen LogP contribution in [0.1, 0.15) is 31.9 Å². The first kappa shape index (κ1) is 13.6. The third kappa shape index (κ3) is 3.33. The third-order valence-corrected chi connectivity index (χ3v) is 4.06. The van der Waals surface area contributed by atoms with Crippen molar-refractivity contribution in [2.24, 2.45) is 0 Å². The van der Waals surface area contributed by atoms with Crippen molar-refractivity contribution in [3.63, 3.8) is 0 Å². The van der Waals surface area contributed by atoms with Gasteiger partial charge in [0.05, 0.1) is 0 Å². The van der Waals surface area contributed by atoms with Gasteiger partial charge in [0.1, 0.15) is 0 Å². The molecule has 2 nitrogen and oxygen atoms in total. The summed E-state index contributed by atoms with van der Waals surface area (Å²) in [4.78, 5) is 5.16. The van der Waals surface area contributed by atoms with E-state index in [1.807, 2.05) is 0 Å². The molecule has 0 spiro atoms. The van der Waals surface area contributed by atoms with E-state index in [2.05, 4.69) is 54.8 Å². The monoisotopic (exact) mass is 246 g/mol. The van der Waals surface area contributed by atoms with Gasteiger partial charge >= 0.3 is 0 Å². The lowest BCUT2D eigenvalue weighted by atomic mass is 10.1. The smallest absolute Gasteiger partial charge is 0.0235 e. The average Bonchev–Trinajstić information content (AvgIpc) is 2.39. The highest BCUT2D eigenvalue weighted by atomic mass is 15.3. The van der Waals surface area contributed by atoms with Gasteiger partial charge in [-0.05, 0) is 31.0 Å². The second-order valence-electron chi connectivity index (χ2n) is 5.39. The Morgan fingerprint density at radius 3 is 2.61 bits per heavy atom. The molecule has 2 rings (SSSR count). The van der Waals surface area contributed by atoms with E-state index in [1.54, 1.807) is 0 Å². The van der Waals surface area contributed by atoms with Crippen LogP contribution >= 0.6 is 0 Å². The minimum atomic E-state index is 0.693.